The summed E-state index contributed by atoms with van der Waals surface area (Å²) in [6, 6.07) is 6.55. The van der Waals surface area contributed by atoms with Gasteiger partial charge in [0.1, 0.15) is 11.7 Å². The van der Waals surface area contributed by atoms with Crippen molar-refractivity contribution in [3.05, 3.63) is 58.0 Å². The van der Waals surface area contributed by atoms with Gasteiger partial charge in [0, 0.05) is 24.4 Å². The highest BCUT2D eigenvalue weighted by molar-refractivity contribution is 6.00. The largest absolute Gasteiger partial charge is 0.327 e. The van der Waals surface area contributed by atoms with E-state index in [2.05, 4.69) is 15.6 Å². The minimum atomic E-state index is -3.19. The van der Waals surface area contributed by atoms with Crippen molar-refractivity contribution >= 4 is 23.3 Å². The normalized spacial score (nSPS) is 17.6. The van der Waals surface area contributed by atoms with Gasteiger partial charge >= 0.3 is 6.03 Å². The van der Waals surface area contributed by atoms with Gasteiger partial charge in [-0.15, -0.1) is 0 Å². The molecule has 160 valence electrons. The molecule has 0 fully saturated rings. The number of para-hydroxylation sites is 1. The summed E-state index contributed by atoms with van der Waals surface area (Å²) in [4.78, 5) is 41.7. The van der Waals surface area contributed by atoms with Gasteiger partial charge in [0.25, 0.3) is 11.5 Å². The molecule has 1 aliphatic heterocycles. The van der Waals surface area contributed by atoms with Crippen LogP contribution in [0.3, 0.4) is 0 Å². The fourth-order valence-electron chi connectivity index (χ4n) is 3.41. The number of amides is 3. The number of H-pyrrole nitrogens is 1. The van der Waals surface area contributed by atoms with Crippen LogP contribution in [0.1, 0.15) is 38.3 Å². The zero-order valence-electron chi connectivity index (χ0n) is 17.0. The number of nitrogens with one attached hydrogen (secondary N) is 3. The van der Waals surface area contributed by atoms with Crippen molar-refractivity contribution in [2.75, 3.05) is 10.6 Å². The third-order valence-corrected chi connectivity index (χ3v) is 5.32. The summed E-state index contributed by atoms with van der Waals surface area (Å²) in [5.74, 6) is -3.70. The molecule has 1 aromatic carbocycles. The zero-order chi connectivity index (χ0) is 22.1. The first-order valence-corrected chi connectivity index (χ1v) is 9.69. The maximum absolute atomic E-state index is 13.6. The molecule has 30 heavy (non-hydrogen) atoms. The van der Waals surface area contributed by atoms with Crippen LogP contribution in [-0.2, 0) is 17.3 Å². The van der Waals surface area contributed by atoms with Gasteiger partial charge in [0.05, 0.1) is 6.54 Å². The molecular weight excluding hydrogens is 394 g/mol. The molecule has 0 unspecified atom stereocenters. The van der Waals surface area contributed by atoms with Crippen LogP contribution in [0.25, 0.3) is 0 Å². The second-order valence-electron chi connectivity index (χ2n) is 7.55. The van der Waals surface area contributed by atoms with E-state index in [1.165, 1.54) is 4.90 Å². The summed E-state index contributed by atoms with van der Waals surface area (Å²) in [6.07, 6.45) is 1.55. The molecule has 0 spiro atoms. The van der Waals surface area contributed by atoms with E-state index >= 15 is 0 Å². The summed E-state index contributed by atoms with van der Waals surface area (Å²) in [7, 11) is 0. The third-order valence-electron chi connectivity index (χ3n) is 5.32. The number of alkyl halides is 2. The number of aromatic nitrogens is 1. The standard InChI is InChI=1S/C21H24F2N4O3/c1-4-12(2)17-19(29)25-15-8-6-5-7-13(15)11-27(17)20(30)26-16-9-14(21(3,22)23)10-24-18(16)28/h5-10,12,17H,4,11H2,1-3H3,(H,24,28)(H,25,29)(H,26,30)/t12-,17-/m0/s1. The van der Waals surface area contributed by atoms with Crippen LogP contribution in [-0.4, -0.2) is 27.9 Å². The second kappa shape index (κ2) is 8.25. The molecule has 0 bridgehead atoms. The van der Waals surface area contributed by atoms with Crippen LogP contribution >= 0.6 is 0 Å². The summed E-state index contributed by atoms with van der Waals surface area (Å²) < 4.78 is 27.3. The Bertz CT molecular complexity index is 1020. The number of hydrogen-bond acceptors (Lipinski definition) is 3. The number of anilines is 2. The quantitative estimate of drug-likeness (QED) is 0.703. The summed E-state index contributed by atoms with van der Waals surface area (Å²) in [5.41, 5.74) is -0.114. The lowest BCUT2D eigenvalue weighted by atomic mass is 9.97. The summed E-state index contributed by atoms with van der Waals surface area (Å²) >= 11 is 0. The van der Waals surface area contributed by atoms with E-state index in [4.69, 9.17) is 0 Å². The SMILES string of the molecule is CC[C@H](C)[C@H]1C(=O)Nc2ccccc2CN1C(=O)Nc1cc(C(C)(F)F)c[nH]c1=O. The maximum Gasteiger partial charge on any atom is 0.322 e. The average molecular weight is 418 g/mol. The molecule has 3 rings (SSSR count). The molecule has 1 aliphatic rings. The molecule has 2 aromatic rings. The average Bonchev–Trinajstić information content (AvgIpc) is 2.83. The van der Waals surface area contributed by atoms with Crippen LogP contribution in [0, 0.1) is 5.92 Å². The minimum Gasteiger partial charge on any atom is -0.327 e. The monoisotopic (exact) mass is 418 g/mol. The van der Waals surface area contributed by atoms with Crippen LogP contribution in [0.4, 0.5) is 25.0 Å². The van der Waals surface area contributed by atoms with Gasteiger partial charge in [0.15, 0.2) is 0 Å². The number of nitrogens with zero attached hydrogens (tertiary/aromatic N) is 1. The lowest BCUT2D eigenvalue weighted by Crippen LogP contribution is -2.50. The van der Waals surface area contributed by atoms with Gasteiger partial charge in [-0.2, -0.15) is 0 Å². The van der Waals surface area contributed by atoms with Crippen LogP contribution < -0.4 is 16.2 Å². The number of benzene rings is 1. The number of fused-ring (bicyclic) bond motifs is 1. The molecule has 2 atom stereocenters. The number of carbonyl (C=O) groups excluding carboxylic acids is 2. The molecule has 3 amide bonds. The van der Waals surface area contributed by atoms with E-state index in [0.29, 0.717) is 19.0 Å². The highest BCUT2D eigenvalue weighted by Gasteiger charge is 2.37. The highest BCUT2D eigenvalue weighted by Crippen LogP contribution is 2.29. The van der Waals surface area contributed by atoms with Crippen molar-refractivity contribution in [3.8, 4) is 0 Å². The first-order valence-electron chi connectivity index (χ1n) is 9.69. The Morgan fingerprint density at radius 3 is 2.70 bits per heavy atom. The Morgan fingerprint density at radius 1 is 1.33 bits per heavy atom. The molecule has 0 radical (unpaired) electrons. The minimum absolute atomic E-state index is 0.122. The molecule has 0 aliphatic carbocycles. The van der Waals surface area contributed by atoms with Gasteiger partial charge < -0.3 is 20.5 Å². The molecule has 9 heteroatoms. The van der Waals surface area contributed by atoms with Crippen molar-refractivity contribution < 1.29 is 18.4 Å². The first-order chi connectivity index (χ1) is 14.1. The smallest absolute Gasteiger partial charge is 0.322 e. The Morgan fingerprint density at radius 2 is 2.03 bits per heavy atom. The highest BCUT2D eigenvalue weighted by atomic mass is 19.3. The lowest BCUT2D eigenvalue weighted by Gasteiger charge is -2.32. The zero-order valence-corrected chi connectivity index (χ0v) is 17.0. The van der Waals surface area contributed by atoms with Crippen molar-refractivity contribution in [2.24, 2.45) is 5.92 Å². The van der Waals surface area contributed by atoms with Crippen molar-refractivity contribution in [1.82, 2.24) is 9.88 Å². The van der Waals surface area contributed by atoms with Crippen molar-refractivity contribution in [2.45, 2.75) is 45.7 Å². The number of pyridine rings is 1. The van der Waals surface area contributed by atoms with Crippen molar-refractivity contribution in [1.29, 1.82) is 0 Å². The molecule has 7 nitrogen and oxygen atoms in total. The Balaban J connectivity index is 1.97. The number of carbonyl (C=O) groups is 2. The van der Waals surface area contributed by atoms with Gasteiger partial charge in [-0.3, -0.25) is 9.59 Å². The van der Waals surface area contributed by atoms with E-state index < -0.39 is 29.1 Å². The van der Waals surface area contributed by atoms with Gasteiger partial charge in [-0.05, 0) is 23.6 Å². The number of halogens is 2. The molecule has 3 N–H and O–H groups in total. The molecular formula is C21H24F2N4O3. The fourth-order valence-corrected chi connectivity index (χ4v) is 3.41. The van der Waals surface area contributed by atoms with E-state index in [-0.39, 0.29) is 24.1 Å². The predicted molar refractivity (Wildman–Crippen MR) is 110 cm³/mol. The molecule has 0 saturated carbocycles. The fraction of sp³-hybridized carbons (Fsp3) is 0.381. The number of rotatable bonds is 4. The Kier molecular flexibility index (Phi) is 5.91. The third kappa shape index (κ3) is 4.34. The second-order valence-corrected chi connectivity index (χ2v) is 7.55. The number of aromatic amines is 1. The Labute approximate surface area is 172 Å². The van der Waals surface area contributed by atoms with Crippen LogP contribution in [0.5, 0.6) is 0 Å². The number of hydrogen-bond donors (Lipinski definition) is 3. The molecule has 0 saturated heterocycles. The topological polar surface area (TPSA) is 94.3 Å². The predicted octanol–water partition coefficient (Wildman–Crippen LogP) is 3.89. The summed E-state index contributed by atoms with van der Waals surface area (Å²) in [5, 5.41) is 5.26. The van der Waals surface area contributed by atoms with Gasteiger partial charge in [-0.1, -0.05) is 38.5 Å². The van der Waals surface area contributed by atoms with E-state index in [9.17, 15) is 23.2 Å². The first kappa shape index (κ1) is 21.5. The summed E-state index contributed by atoms with van der Waals surface area (Å²) in [6.45, 7) is 4.58. The molecule has 2 heterocycles. The number of urea groups is 1. The van der Waals surface area contributed by atoms with Crippen LogP contribution in [0.2, 0.25) is 0 Å². The van der Waals surface area contributed by atoms with E-state index in [1.54, 1.807) is 24.3 Å². The van der Waals surface area contributed by atoms with Crippen LogP contribution in [0.15, 0.2) is 41.3 Å². The van der Waals surface area contributed by atoms with E-state index in [1.807, 2.05) is 13.8 Å². The van der Waals surface area contributed by atoms with Gasteiger partial charge in [-0.25, -0.2) is 13.6 Å². The molecule has 1 aromatic heterocycles. The van der Waals surface area contributed by atoms with Gasteiger partial charge in [0.2, 0.25) is 5.91 Å². The van der Waals surface area contributed by atoms with E-state index in [0.717, 1.165) is 17.8 Å². The maximum atomic E-state index is 13.6. The Hall–Kier alpha value is -3.23. The lowest BCUT2D eigenvalue weighted by molar-refractivity contribution is -0.121. The van der Waals surface area contributed by atoms with Crippen molar-refractivity contribution in [3.63, 3.8) is 0 Å².